The first-order valence-corrected chi connectivity index (χ1v) is 6.02. The summed E-state index contributed by atoms with van der Waals surface area (Å²) in [6.45, 7) is 1.51. The fourth-order valence-corrected chi connectivity index (χ4v) is 2.61. The lowest BCUT2D eigenvalue weighted by molar-refractivity contribution is -0.110. The maximum Gasteiger partial charge on any atom is 0.0916 e. The molecule has 94 valence electrons. The minimum Gasteiger partial charge on any atom is -0.381 e. The summed E-state index contributed by atoms with van der Waals surface area (Å²) >= 11 is 0. The Labute approximate surface area is 102 Å². The minimum atomic E-state index is -0.184. The van der Waals surface area contributed by atoms with Crippen LogP contribution < -0.4 is 5.32 Å². The van der Waals surface area contributed by atoms with Gasteiger partial charge in [0.1, 0.15) is 0 Å². The smallest absolute Gasteiger partial charge is 0.0916 e. The molecule has 0 amide bonds. The molecule has 1 aromatic rings. The van der Waals surface area contributed by atoms with E-state index < -0.39 is 0 Å². The molecule has 0 radical (unpaired) electrons. The maximum atomic E-state index is 5.82. The van der Waals surface area contributed by atoms with Crippen LogP contribution in [-0.4, -0.2) is 38.0 Å². The number of pyridine rings is 1. The normalized spacial score (nSPS) is 21.1. The Balaban J connectivity index is 2.26. The van der Waals surface area contributed by atoms with Gasteiger partial charge in [-0.1, -0.05) is 6.07 Å². The molecule has 2 rings (SSSR count). The molecule has 0 bridgehead atoms. The zero-order valence-corrected chi connectivity index (χ0v) is 10.5. The minimum absolute atomic E-state index is 0.157. The molecule has 1 aliphatic rings. The van der Waals surface area contributed by atoms with Gasteiger partial charge in [0.25, 0.3) is 0 Å². The molecular formula is C13H20N2O2. The number of likely N-dealkylation sites (N-methyl/N-ethyl adjacent to an activating group) is 1. The monoisotopic (exact) mass is 236 g/mol. The van der Waals surface area contributed by atoms with E-state index in [1.807, 2.05) is 19.3 Å². The SMILES string of the molecule is CNC(c1cccnc1)C1(OC)CCOCC1. The molecule has 1 N–H and O–H groups in total. The van der Waals surface area contributed by atoms with Gasteiger partial charge >= 0.3 is 0 Å². The summed E-state index contributed by atoms with van der Waals surface area (Å²) in [5.41, 5.74) is 0.981. The highest BCUT2D eigenvalue weighted by Gasteiger charge is 2.40. The topological polar surface area (TPSA) is 43.4 Å². The van der Waals surface area contributed by atoms with Gasteiger partial charge in [-0.3, -0.25) is 4.98 Å². The Morgan fingerprint density at radius 2 is 2.24 bits per heavy atom. The number of hydrogen-bond acceptors (Lipinski definition) is 4. The second-order valence-corrected chi connectivity index (χ2v) is 4.39. The van der Waals surface area contributed by atoms with Crippen molar-refractivity contribution in [2.24, 2.45) is 0 Å². The largest absolute Gasteiger partial charge is 0.381 e. The highest BCUT2D eigenvalue weighted by molar-refractivity contribution is 5.19. The Kier molecular flexibility index (Phi) is 4.10. The second kappa shape index (κ2) is 5.58. The first-order valence-electron chi connectivity index (χ1n) is 6.02. The standard InChI is InChI=1S/C13H20N2O2/c1-14-12(11-4-3-7-15-10-11)13(16-2)5-8-17-9-6-13/h3-4,7,10,12,14H,5-6,8-9H2,1-2H3. The molecular weight excluding hydrogens is 216 g/mol. The third-order valence-corrected chi connectivity index (χ3v) is 3.58. The van der Waals surface area contributed by atoms with Crippen molar-refractivity contribution in [1.82, 2.24) is 10.3 Å². The van der Waals surface area contributed by atoms with Crippen molar-refractivity contribution >= 4 is 0 Å². The number of methoxy groups -OCH3 is 1. The molecule has 2 heterocycles. The molecule has 0 aliphatic carbocycles. The van der Waals surface area contributed by atoms with E-state index in [2.05, 4.69) is 16.4 Å². The molecule has 4 nitrogen and oxygen atoms in total. The van der Waals surface area contributed by atoms with Crippen molar-refractivity contribution in [3.05, 3.63) is 30.1 Å². The number of ether oxygens (including phenoxy) is 2. The van der Waals surface area contributed by atoms with Gasteiger partial charge in [-0.25, -0.2) is 0 Å². The van der Waals surface area contributed by atoms with Crippen LogP contribution in [0.15, 0.2) is 24.5 Å². The van der Waals surface area contributed by atoms with Gasteiger partial charge in [0.15, 0.2) is 0 Å². The van der Waals surface area contributed by atoms with Gasteiger partial charge in [0.2, 0.25) is 0 Å². The van der Waals surface area contributed by atoms with Crippen molar-refractivity contribution < 1.29 is 9.47 Å². The molecule has 4 heteroatoms. The number of hydrogen-bond donors (Lipinski definition) is 1. The van der Waals surface area contributed by atoms with Crippen molar-refractivity contribution in [3.63, 3.8) is 0 Å². The summed E-state index contributed by atoms with van der Waals surface area (Å²) in [6, 6.07) is 4.21. The van der Waals surface area contributed by atoms with E-state index in [4.69, 9.17) is 9.47 Å². The zero-order chi connectivity index (χ0) is 12.1. The van der Waals surface area contributed by atoms with Crippen molar-refractivity contribution in [3.8, 4) is 0 Å². The lowest BCUT2D eigenvalue weighted by Gasteiger charge is -2.42. The molecule has 0 spiro atoms. The molecule has 1 saturated heterocycles. The summed E-state index contributed by atoms with van der Waals surface area (Å²) in [5, 5.41) is 3.36. The van der Waals surface area contributed by atoms with Crippen LogP contribution in [0.5, 0.6) is 0 Å². The van der Waals surface area contributed by atoms with E-state index >= 15 is 0 Å². The fraction of sp³-hybridized carbons (Fsp3) is 0.615. The number of nitrogens with one attached hydrogen (secondary N) is 1. The van der Waals surface area contributed by atoms with E-state index in [1.165, 1.54) is 5.56 Å². The van der Waals surface area contributed by atoms with Crippen LogP contribution >= 0.6 is 0 Å². The highest BCUT2D eigenvalue weighted by atomic mass is 16.5. The molecule has 1 atom stereocenters. The summed E-state index contributed by atoms with van der Waals surface area (Å²) in [5.74, 6) is 0. The van der Waals surface area contributed by atoms with Crippen LogP contribution in [0, 0.1) is 0 Å². The van der Waals surface area contributed by atoms with Gasteiger partial charge in [-0.05, 0) is 18.7 Å². The number of aromatic nitrogens is 1. The van der Waals surface area contributed by atoms with Crippen molar-refractivity contribution in [2.75, 3.05) is 27.4 Å². The van der Waals surface area contributed by atoms with Gasteiger partial charge in [-0.15, -0.1) is 0 Å². The van der Waals surface area contributed by atoms with E-state index in [-0.39, 0.29) is 11.6 Å². The van der Waals surface area contributed by atoms with Gasteiger partial charge in [0, 0.05) is 45.6 Å². The Morgan fingerprint density at radius 3 is 2.76 bits per heavy atom. The van der Waals surface area contributed by atoms with Gasteiger partial charge in [-0.2, -0.15) is 0 Å². The van der Waals surface area contributed by atoms with Gasteiger partial charge in [0.05, 0.1) is 11.6 Å². The molecule has 1 aliphatic heterocycles. The first kappa shape index (κ1) is 12.5. The van der Waals surface area contributed by atoms with E-state index in [1.54, 1.807) is 13.3 Å². The van der Waals surface area contributed by atoms with Crippen LogP contribution in [0.3, 0.4) is 0 Å². The van der Waals surface area contributed by atoms with Crippen LogP contribution in [-0.2, 0) is 9.47 Å². The van der Waals surface area contributed by atoms with Crippen LogP contribution in [0.25, 0.3) is 0 Å². The Hall–Kier alpha value is -0.970. The first-order chi connectivity index (χ1) is 8.32. The molecule has 0 aromatic carbocycles. The predicted molar refractivity (Wildman–Crippen MR) is 65.8 cm³/mol. The predicted octanol–water partition coefficient (Wildman–Crippen LogP) is 1.54. The third-order valence-electron chi connectivity index (χ3n) is 3.58. The third kappa shape index (κ3) is 2.49. The number of nitrogens with zero attached hydrogens (tertiary/aromatic N) is 1. The van der Waals surface area contributed by atoms with E-state index in [0.717, 1.165) is 26.1 Å². The molecule has 1 aromatic heterocycles. The highest BCUT2D eigenvalue weighted by Crippen LogP contribution is 2.36. The van der Waals surface area contributed by atoms with Crippen LogP contribution in [0.1, 0.15) is 24.4 Å². The van der Waals surface area contributed by atoms with E-state index in [0.29, 0.717) is 0 Å². The maximum absolute atomic E-state index is 5.82. The molecule has 1 unspecified atom stereocenters. The van der Waals surface area contributed by atoms with Crippen molar-refractivity contribution in [2.45, 2.75) is 24.5 Å². The summed E-state index contributed by atoms with van der Waals surface area (Å²) in [4.78, 5) is 4.19. The second-order valence-electron chi connectivity index (χ2n) is 4.39. The summed E-state index contributed by atoms with van der Waals surface area (Å²) in [7, 11) is 3.75. The van der Waals surface area contributed by atoms with Crippen molar-refractivity contribution in [1.29, 1.82) is 0 Å². The molecule has 0 saturated carbocycles. The Morgan fingerprint density at radius 1 is 1.47 bits per heavy atom. The lowest BCUT2D eigenvalue weighted by atomic mass is 9.82. The quantitative estimate of drug-likeness (QED) is 0.861. The molecule has 17 heavy (non-hydrogen) atoms. The van der Waals surface area contributed by atoms with Crippen LogP contribution in [0.2, 0.25) is 0 Å². The number of rotatable bonds is 4. The average Bonchev–Trinajstić information content (AvgIpc) is 2.42. The average molecular weight is 236 g/mol. The summed E-state index contributed by atoms with van der Waals surface area (Å²) in [6.07, 6.45) is 5.50. The Bertz CT molecular complexity index is 337. The molecule has 1 fully saturated rings. The van der Waals surface area contributed by atoms with Gasteiger partial charge < -0.3 is 14.8 Å². The fourth-order valence-electron chi connectivity index (χ4n) is 2.61. The summed E-state index contributed by atoms with van der Waals surface area (Å²) < 4.78 is 11.2. The lowest BCUT2D eigenvalue weighted by Crippen LogP contribution is -2.48. The van der Waals surface area contributed by atoms with E-state index in [9.17, 15) is 0 Å². The van der Waals surface area contributed by atoms with Crippen LogP contribution in [0.4, 0.5) is 0 Å². The zero-order valence-electron chi connectivity index (χ0n) is 10.5.